The zero-order valence-corrected chi connectivity index (χ0v) is 14.1. The van der Waals surface area contributed by atoms with E-state index in [0.717, 1.165) is 17.5 Å². The minimum Gasteiger partial charge on any atom is -0.352 e. The zero-order chi connectivity index (χ0) is 17.8. The largest absolute Gasteiger partial charge is 0.352 e. The van der Waals surface area contributed by atoms with E-state index >= 15 is 0 Å². The predicted molar refractivity (Wildman–Crippen MR) is 90.5 cm³/mol. The molecule has 25 heavy (non-hydrogen) atoms. The maximum Gasteiger partial charge on any atom is 0.251 e. The van der Waals surface area contributed by atoms with Gasteiger partial charge in [-0.25, -0.2) is 0 Å². The van der Waals surface area contributed by atoms with Crippen LogP contribution in [0.4, 0.5) is 0 Å². The van der Waals surface area contributed by atoms with Crippen LogP contribution in [0.25, 0.3) is 0 Å². The number of rotatable bonds is 6. The lowest BCUT2D eigenvalue weighted by atomic mass is 10.1. The SMILES string of the molecule is Cn1cc(CCNC(=O)c2ccc(CN3C(=O)CCC3=O)cc2)cn1. The monoisotopic (exact) mass is 340 g/mol. The van der Waals surface area contributed by atoms with Crippen molar-refractivity contribution in [3.8, 4) is 0 Å². The molecule has 7 heteroatoms. The molecule has 0 aliphatic carbocycles. The van der Waals surface area contributed by atoms with Crippen molar-refractivity contribution in [1.82, 2.24) is 20.0 Å². The van der Waals surface area contributed by atoms with Crippen LogP contribution in [-0.2, 0) is 29.6 Å². The smallest absolute Gasteiger partial charge is 0.251 e. The first-order valence-electron chi connectivity index (χ1n) is 8.21. The summed E-state index contributed by atoms with van der Waals surface area (Å²) >= 11 is 0. The molecule has 7 nitrogen and oxygen atoms in total. The summed E-state index contributed by atoms with van der Waals surface area (Å²) in [7, 11) is 1.85. The summed E-state index contributed by atoms with van der Waals surface area (Å²) in [6.45, 7) is 0.795. The fraction of sp³-hybridized carbons (Fsp3) is 0.333. The standard InChI is InChI=1S/C18H20N4O3/c1-21-11-14(10-20-21)8-9-19-18(25)15-4-2-13(3-5-15)12-22-16(23)6-7-17(22)24/h2-5,10-11H,6-9,12H2,1H3,(H,19,25). The van der Waals surface area contributed by atoms with Gasteiger partial charge in [-0.3, -0.25) is 24.0 Å². The fourth-order valence-electron chi connectivity index (χ4n) is 2.77. The molecule has 0 unspecified atom stereocenters. The number of nitrogens with zero attached hydrogens (tertiary/aromatic N) is 3. The van der Waals surface area contributed by atoms with Gasteiger partial charge in [0.2, 0.25) is 11.8 Å². The fourth-order valence-corrected chi connectivity index (χ4v) is 2.77. The topological polar surface area (TPSA) is 84.3 Å². The molecule has 2 aromatic rings. The molecule has 0 bridgehead atoms. The van der Waals surface area contributed by atoms with Gasteiger partial charge in [-0.05, 0) is 29.7 Å². The Balaban J connectivity index is 1.51. The quantitative estimate of drug-likeness (QED) is 0.797. The number of carbonyl (C=O) groups excluding carboxylic acids is 3. The normalized spacial score (nSPS) is 14.2. The Morgan fingerprint density at radius 1 is 1.12 bits per heavy atom. The Kier molecular flexibility index (Phi) is 4.92. The molecular formula is C18H20N4O3. The van der Waals surface area contributed by atoms with Gasteiger partial charge in [0.05, 0.1) is 12.7 Å². The molecule has 1 aliphatic rings. The molecule has 1 aliphatic heterocycles. The van der Waals surface area contributed by atoms with E-state index < -0.39 is 0 Å². The van der Waals surface area contributed by atoms with Crippen LogP contribution < -0.4 is 5.32 Å². The minimum atomic E-state index is -0.149. The highest BCUT2D eigenvalue weighted by Gasteiger charge is 2.28. The Morgan fingerprint density at radius 3 is 2.40 bits per heavy atom. The summed E-state index contributed by atoms with van der Waals surface area (Å²) in [5.41, 5.74) is 2.45. The molecule has 3 rings (SSSR count). The number of aromatic nitrogens is 2. The first-order valence-corrected chi connectivity index (χ1v) is 8.21. The van der Waals surface area contributed by atoms with E-state index in [1.54, 1.807) is 35.1 Å². The van der Waals surface area contributed by atoms with E-state index in [0.29, 0.717) is 12.1 Å². The zero-order valence-electron chi connectivity index (χ0n) is 14.1. The average molecular weight is 340 g/mol. The Hall–Kier alpha value is -2.96. The number of benzene rings is 1. The van der Waals surface area contributed by atoms with E-state index in [2.05, 4.69) is 10.4 Å². The minimum absolute atomic E-state index is 0.137. The van der Waals surface area contributed by atoms with E-state index in [9.17, 15) is 14.4 Å². The Morgan fingerprint density at radius 2 is 1.80 bits per heavy atom. The van der Waals surface area contributed by atoms with E-state index in [1.165, 1.54) is 4.90 Å². The summed E-state index contributed by atoms with van der Waals surface area (Å²) in [5, 5.41) is 6.96. The lowest BCUT2D eigenvalue weighted by Crippen LogP contribution is -2.28. The van der Waals surface area contributed by atoms with Crippen LogP contribution in [0.2, 0.25) is 0 Å². The molecular weight excluding hydrogens is 320 g/mol. The number of imide groups is 1. The number of likely N-dealkylation sites (tertiary alicyclic amines) is 1. The van der Waals surface area contributed by atoms with Crippen molar-refractivity contribution < 1.29 is 14.4 Å². The van der Waals surface area contributed by atoms with E-state index in [-0.39, 0.29) is 37.1 Å². The molecule has 0 spiro atoms. The lowest BCUT2D eigenvalue weighted by molar-refractivity contribution is -0.139. The second-order valence-electron chi connectivity index (χ2n) is 6.10. The molecule has 1 saturated heterocycles. The summed E-state index contributed by atoms with van der Waals surface area (Å²) in [4.78, 5) is 36.7. The third-order valence-corrected chi connectivity index (χ3v) is 4.17. The maximum absolute atomic E-state index is 12.1. The first-order chi connectivity index (χ1) is 12.0. The van der Waals surface area contributed by atoms with Crippen LogP contribution in [-0.4, -0.2) is 38.9 Å². The van der Waals surface area contributed by atoms with Crippen molar-refractivity contribution in [1.29, 1.82) is 0 Å². The van der Waals surface area contributed by atoms with Crippen molar-refractivity contribution in [2.75, 3.05) is 6.54 Å². The second kappa shape index (κ2) is 7.29. The molecule has 1 aromatic carbocycles. The van der Waals surface area contributed by atoms with E-state index in [4.69, 9.17) is 0 Å². The number of hydrogen-bond acceptors (Lipinski definition) is 4. The van der Waals surface area contributed by atoms with Crippen LogP contribution in [0.5, 0.6) is 0 Å². The van der Waals surface area contributed by atoms with Gasteiger partial charge in [-0.1, -0.05) is 12.1 Å². The molecule has 1 fully saturated rings. The van der Waals surface area contributed by atoms with Gasteiger partial charge in [0, 0.05) is 38.2 Å². The molecule has 1 aromatic heterocycles. The first kappa shape index (κ1) is 16.9. The second-order valence-corrected chi connectivity index (χ2v) is 6.10. The van der Waals surface area contributed by atoms with Crippen LogP contribution in [0.15, 0.2) is 36.7 Å². The number of hydrogen-bond donors (Lipinski definition) is 1. The van der Waals surface area contributed by atoms with Crippen LogP contribution in [0.3, 0.4) is 0 Å². The van der Waals surface area contributed by atoms with Gasteiger partial charge < -0.3 is 5.32 Å². The Labute approximate surface area is 145 Å². The lowest BCUT2D eigenvalue weighted by Gasteiger charge is -2.14. The van der Waals surface area contributed by atoms with Crippen molar-refractivity contribution >= 4 is 17.7 Å². The molecule has 1 N–H and O–H groups in total. The number of carbonyl (C=O) groups is 3. The van der Waals surface area contributed by atoms with Gasteiger partial charge in [0.1, 0.15) is 0 Å². The molecule has 2 heterocycles. The van der Waals surface area contributed by atoms with Crippen molar-refractivity contribution in [3.05, 3.63) is 53.3 Å². The van der Waals surface area contributed by atoms with Crippen molar-refractivity contribution in [2.24, 2.45) is 7.05 Å². The molecule has 0 saturated carbocycles. The van der Waals surface area contributed by atoms with Gasteiger partial charge in [-0.15, -0.1) is 0 Å². The predicted octanol–water partition coefficient (Wildman–Crippen LogP) is 1.04. The van der Waals surface area contributed by atoms with E-state index in [1.807, 2.05) is 13.2 Å². The third-order valence-electron chi connectivity index (χ3n) is 4.17. The number of nitrogens with one attached hydrogen (secondary N) is 1. The average Bonchev–Trinajstić information content (AvgIpc) is 3.15. The molecule has 3 amide bonds. The van der Waals surface area contributed by atoms with Crippen molar-refractivity contribution in [2.45, 2.75) is 25.8 Å². The highest BCUT2D eigenvalue weighted by molar-refractivity contribution is 6.01. The molecule has 130 valence electrons. The van der Waals surface area contributed by atoms with Crippen LogP contribution in [0, 0.1) is 0 Å². The highest BCUT2D eigenvalue weighted by atomic mass is 16.2. The Bertz CT molecular complexity index is 779. The van der Waals surface area contributed by atoms with Crippen LogP contribution in [0.1, 0.15) is 34.3 Å². The summed E-state index contributed by atoms with van der Waals surface area (Å²) in [5.74, 6) is -0.423. The maximum atomic E-state index is 12.1. The summed E-state index contributed by atoms with van der Waals surface area (Å²) in [6.07, 6.45) is 4.99. The van der Waals surface area contributed by atoms with Crippen LogP contribution >= 0.6 is 0 Å². The highest BCUT2D eigenvalue weighted by Crippen LogP contribution is 2.16. The van der Waals surface area contributed by atoms with Gasteiger partial charge >= 0.3 is 0 Å². The number of amides is 3. The molecule has 0 atom stereocenters. The van der Waals surface area contributed by atoms with Gasteiger partial charge in [0.25, 0.3) is 5.91 Å². The van der Waals surface area contributed by atoms with Gasteiger partial charge in [-0.2, -0.15) is 5.10 Å². The third kappa shape index (κ3) is 4.12. The number of aryl methyl sites for hydroxylation is 1. The van der Waals surface area contributed by atoms with Crippen molar-refractivity contribution in [3.63, 3.8) is 0 Å². The summed E-state index contributed by atoms with van der Waals surface area (Å²) in [6, 6.07) is 6.96. The summed E-state index contributed by atoms with van der Waals surface area (Å²) < 4.78 is 1.73. The molecule has 0 radical (unpaired) electrons. The van der Waals surface area contributed by atoms with Gasteiger partial charge in [0.15, 0.2) is 0 Å².